The van der Waals surface area contributed by atoms with Gasteiger partial charge in [0, 0.05) is 24.7 Å². The topological polar surface area (TPSA) is 39.1 Å². The van der Waals surface area contributed by atoms with Crippen LogP contribution in [-0.4, -0.2) is 35.1 Å². The summed E-state index contributed by atoms with van der Waals surface area (Å²) in [6.07, 6.45) is 3.56. The van der Waals surface area contributed by atoms with Crippen LogP contribution in [0, 0.1) is 17.2 Å². The molecule has 110 valence electrons. The maximum atomic E-state index is 9.47. The monoisotopic (exact) mass is 265 g/mol. The van der Waals surface area contributed by atoms with Crippen molar-refractivity contribution in [2.45, 2.75) is 84.5 Å². The van der Waals surface area contributed by atoms with Crippen LogP contribution >= 0.6 is 0 Å². The standard InChI is InChI=1S/C16H31N3/c1-12(2)10-19(15-7-8-15)14(5)9-16(6,11-17)18-13(3)4/h12-15,18H,7-10H2,1-6H3. The van der Waals surface area contributed by atoms with Crippen molar-refractivity contribution in [1.29, 1.82) is 5.26 Å². The molecule has 0 bridgehead atoms. The van der Waals surface area contributed by atoms with E-state index in [2.05, 4.69) is 50.9 Å². The van der Waals surface area contributed by atoms with Gasteiger partial charge in [-0.3, -0.25) is 10.2 Å². The van der Waals surface area contributed by atoms with E-state index in [1.165, 1.54) is 12.8 Å². The van der Waals surface area contributed by atoms with Gasteiger partial charge in [0.15, 0.2) is 0 Å². The normalized spacial score (nSPS) is 20.6. The Labute approximate surface area is 119 Å². The molecule has 19 heavy (non-hydrogen) atoms. The van der Waals surface area contributed by atoms with Gasteiger partial charge in [0.2, 0.25) is 0 Å². The molecule has 2 atom stereocenters. The third-order valence-electron chi connectivity index (χ3n) is 3.72. The van der Waals surface area contributed by atoms with Crippen LogP contribution in [0.4, 0.5) is 0 Å². The smallest absolute Gasteiger partial charge is 0.105 e. The average molecular weight is 265 g/mol. The summed E-state index contributed by atoms with van der Waals surface area (Å²) in [4.78, 5) is 2.61. The molecule has 3 nitrogen and oxygen atoms in total. The lowest BCUT2D eigenvalue weighted by Crippen LogP contribution is -2.50. The fourth-order valence-corrected chi connectivity index (χ4v) is 3.00. The SMILES string of the molecule is CC(C)CN(C(C)CC(C)(C#N)NC(C)C)C1CC1. The van der Waals surface area contributed by atoms with Crippen molar-refractivity contribution in [2.75, 3.05) is 6.54 Å². The van der Waals surface area contributed by atoms with Crippen LogP contribution in [0.3, 0.4) is 0 Å². The largest absolute Gasteiger partial charge is 0.297 e. The molecule has 0 aromatic rings. The van der Waals surface area contributed by atoms with E-state index in [9.17, 15) is 5.26 Å². The van der Waals surface area contributed by atoms with Crippen molar-refractivity contribution in [1.82, 2.24) is 10.2 Å². The summed E-state index contributed by atoms with van der Waals surface area (Å²) in [6.45, 7) is 14.2. The highest BCUT2D eigenvalue weighted by atomic mass is 15.2. The first-order chi connectivity index (χ1) is 8.77. The summed E-state index contributed by atoms with van der Waals surface area (Å²) in [5, 5.41) is 12.9. The Morgan fingerprint density at radius 2 is 1.84 bits per heavy atom. The van der Waals surface area contributed by atoms with Crippen molar-refractivity contribution in [3.05, 3.63) is 0 Å². The molecule has 1 fully saturated rings. The molecule has 0 aliphatic heterocycles. The predicted octanol–water partition coefficient (Wildman–Crippen LogP) is 3.17. The number of hydrogen-bond acceptors (Lipinski definition) is 3. The summed E-state index contributed by atoms with van der Waals surface area (Å²) in [5.41, 5.74) is -0.419. The second-order valence-corrected chi connectivity index (χ2v) is 7.12. The number of nitriles is 1. The Morgan fingerprint density at radius 1 is 1.26 bits per heavy atom. The lowest BCUT2D eigenvalue weighted by atomic mass is 9.93. The number of nitrogens with zero attached hydrogens (tertiary/aromatic N) is 2. The predicted molar refractivity (Wildman–Crippen MR) is 80.9 cm³/mol. The molecule has 1 saturated carbocycles. The van der Waals surface area contributed by atoms with Crippen molar-refractivity contribution in [2.24, 2.45) is 5.92 Å². The molecule has 3 heteroatoms. The van der Waals surface area contributed by atoms with Crippen LogP contribution in [-0.2, 0) is 0 Å². The summed E-state index contributed by atoms with van der Waals surface area (Å²) < 4.78 is 0. The third kappa shape index (κ3) is 5.50. The van der Waals surface area contributed by atoms with Gasteiger partial charge >= 0.3 is 0 Å². The summed E-state index contributed by atoms with van der Waals surface area (Å²) >= 11 is 0. The Balaban J connectivity index is 2.63. The van der Waals surface area contributed by atoms with E-state index in [1.54, 1.807) is 0 Å². The molecule has 0 amide bonds. The van der Waals surface area contributed by atoms with E-state index < -0.39 is 5.54 Å². The minimum Gasteiger partial charge on any atom is -0.297 e. The molecule has 0 radical (unpaired) electrons. The van der Waals surface area contributed by atoms with Crippen LogP contribution in [0.1, 0.15) is 60.8 Å². The molecule has 1 aliphatic carbocycles. The van der Waals surface area contributed by atoms with Crippen molar-refractivity contribution < 1.29 is 0 Å². The molecule has 0 aromatic heterocycles. The van der Waals surface area contributed by atoms with E-state index in [1.807, 2.05) is 6.92 Å². The van der Waals surface area contributed by atoms with E-state index in [0.29, 0.717) is 18.0 Å². The fourth-order valence-electron chi connectivity index (χ4n) is 3.00. The first kappa shape index (κ1) is 16.5. The van der Waals surface area contributed by atoms with Gasteiger partial charge in [-0.1, -0.05) is 13.8 Å². The van der Waals surface area contributed by atoms with E-state index in [4.69, 9.17) is 0 Å². The van der Waals surface area contributed by atoms with E-state index in [0.717, 1.165) is 19.0 Å². The quantitative estimate of drug-likeness (QED) is 0.732. The Bertz CT molecular complexity index is 314. The van der Waals surface area contributed by atoms with Gasteiger partial charge in [-0.05, 0) is 52.9 Å². The first-order valence-electron chi connectivity index (χ1n) is 7.72. The number of nitrogens with one attached hydrogen (secondary N) is 1. The van der Waals surface area contributed by atoms with Crippen LogP contribution in [0.15, 0.2) is 0 Å². The van der Waals surface area contributed by atoms with Crippen LogP contribution in [0.2, 0.25) is 0 Å². The lowest BCUT2D eigenvalue weighted by Gasteiger charge is -2.36. The number of rotatable bonds is 8. The van der Waals surface area contributed by atoms with Crippen LogP contribution in [0.5, 0.6) is 0 Å². The highest BCUT2D eigenvalue weighted by Crippen LogP contribution is 2.31. The van der Waals surface area contributed by atoms with Gasteiger partial charge in [-0.2, -0.15) is 5.26 Å². The average Bonchev–Trinajstić information content (AvgIpc) is 3.08. The molecule has 0 heterocycles. The van der Waals surface area contributed by atoms with Gasteiger partial charge in [0.1, 0.15) is 5.54 Å². The molecular weight excluding hydrogens is 234 g/mol. The third-order valence-corrected chi connectivity index (χ3v) is 3.72. The summed E-state index contributed by atoms with van der Waals surface area (Å²) in [5.74, 6) is 0.689. The van der Waals surface area contributed by atoms with Gasteiger partial charge in [-0.15, -0.1) is 0 Å². The van der Waals surface area contributed by atoms with E-state index >= 15 is 0 Å². The zero-order chi connectivity index (χ0) is 14.6. The lowest BCUT2D eigenvalue weighted by molar-refractivity contribution is 0.148. The van der Waals surface area contributed by atoms with Gasteiger partial charge in [0.25, 0.3) is 0 Å². The second-order valence-electron chi connectivity index (χ2n) is 7.12. The van der Waals surface area contributed by atoms with Crippen LogP contribution < -0.4 is 5.32 Å². The van der Waals surface area contributed by atoms with Gasteiger partial charge < -0.3 is 0 Å². The second kappa shape index (κ2) is 6.72. The maximum Gasteiger partial charge on any atom is 0.105 e. The Morgan fingerprint density at radius 3 is 2.21 bits per heavy atom. The molecule has 1 aliphatic rings. The fraction of sp³-hybridized carbons (Fsp3) is 0.938. The minimum atomic E-state index is -0.419. The van der Waals surface area contributed by atoms with Crippen molar-refractivity contribution in [3.8, 4) is 6.07 Å². The van der Waals surface area contributed by atoms with Crippen LogP contribution in [0.25, 0.3) is 0 Å². The van der Waals surface area contributed by atoms with E-state index in [-0.39, 0.29) is 0 Å². The molecule has 0 aromatic carbocycles. The Kier molecular flexibility index (Phi) is 5.82. The van der Waals surface area contributed by atoms with Crippen molar-refractivity contribution in [3.63, 3.8) is 0 Å². The molecular formula is C16H31N3. The highest BCUT2D eigenvalue weighted by Gasteiger charge is 2.36. The summed E-state index contributed by atoms with van der Waals surface area (Å²) in [6, 6.07) is 4.04. The minimum absolute atomic E-state index is 0.344. The molecule has 1 N–H and O–H groups in total. The molecule has 0 saturated heterocycles. The summed E-state index contributed by atoms with van der Waals surface area (Å²) in [7, 11) is 0. The first-order valence-corrected chi connectivity index (χ1v) is 7.72. The zero-order valence-electron chi connectivity index (χ0n) is 13.5. The van der Waals surface area contributed by atoms with Gasteiger partial charge in [0.05, 0.1) is 6.07 Å². The molecule has 0 spiro atoms. The Hall–Kier alpha value is -0.590. The zero-order valence-corrected chi connectivity index (χ0v) is 13.5. The highest BCUT2D eigenvalue weighted by molar-refractivity contribution is 5.06. The van der Waals surface area contributed by atoms with Crippen molar-refractivity contribution >= 4 is 0 Å². The molecule has 2 unspecified atom stereocenters. The van der Waals surface area contributed by atoms with Gasteiger partial charge in [-0.25, -0.2) is 0 Å². The molecule has 1 rings (SSSR count). The number of hydrogen-bond donors (Lipinski definition) is 1. The maximum absolute atomic E-state index is 9.47.